The Kier molecular flexibility index (Phi) is 1.27. The summed E-state index contributed by atoms with van der Waals surface area (Å²) in [5, 5.41) is 14.5. The molecule has 0 unspecified atom stereocenters. The predicted octanol–water partition coefficient (Wildman–Crippen LogP) is 0.473. The van der Waals surface area contributed by atoms with E-state index in [4.69, 9.17) is 0 Å². The summed E-state index contributed by atoms with van der Waals surface area (Å²) in [5.41, 5.74) is 2.45. The summed E-state index contributed by atoms with van der Waals surface area (Å²) >= 11 is 0. The van der Waals surface area contributed by atoms with Gasteiger partial charge in [0.05, 0.1) is 0 Å². The largest absolute Gasteiger partial charge is 0.391 e. The summed E-state index contributed by atoms with van der Waals surface area (Å²) in [5.74, 6) is 0. The van der Waals surface area contributed by atoms with E-state index in [2.05, 4.69) is 14.8 Å². The zero-order valence-electron chi connectivity index (χ0n) is 6.74. The highest BCUT2D eigenvalue weighted by Gasteiger charge is 2.13. The third-order valence-corrected chi connectivity index (χ3v) is 1.67. The number of fused-ring (bicyclic) bond motifs is 1. The lowest BCUT2D eigenvalue weighted by Gasteiger charge is -1.89. The normalized spacial score (nSPS) is 10.8. The van der Waals surface area contributed by atoms with E-state index in [0.717, 1.165) is 11.3 Å². The monoisotopic (exact) mass is 165 g/mol. The summed E-state index contributed by atoms with van der Waals surface area (Å²) in [7, 11) is 0. The van der Waals surface area contributed by atoms with Gasteiger partial charge in [-0.3, -0.25) is 0 Å². The third-order valence-electron chi connectivity index (χ3n) is 1.67. The third kappa shape index (κ3) is 0.827. The van der Waals surface area contributed by atoms with Crippen molar-refractivity contribution in [2.24, 2.45) is 0 Å². The number of aromatic nitrogens is 3. The van der Waals surface area contributed by atoms with Gasteiger partial charge in [0.15, 0.2) is 0 Å². The van der Waals surface area contributed by atoms with Gasteiger partial charge in [-0.25, -0.2) is 0 Å². The fourth-order valence-corrected chi connectivity index (χ4v) is 1.17. The number of hydrogen-bond acceptors (Lipinski definition) is 4. The molecule has 2 aromatic rings. The van der Waals surface area contributed by atoms with Crippen LogP contribution in [0, 0.1) is 19.1 Å². The van der Waals surface area contributed by atoms with Crippen LogP contribution in [0.1, 0.15) is 11.3 Å². The molecule has 0 spiro atoms. The molecule has 0 saturated heterocycles. The van der Waals surface area contributed by atoms with Crippen molar-refractivity contribution in [1.82, 2.24) is 10.1 Å². The zero-order chi connectivity index (χ0) is 8.72. The second kappa shape index (κ2) is 2.17. The Labute approximate surface area is 68.2 Å². The molecule has 5 nitrogen and oxygen atoms in total. The first-order valence-electron chi connectivity index (χ1n) is 3.52. The molecule has 12 heavy (non-hydrogen) atoms. The predicted molar refractivity (Wildman–Crippen MR) is 40.2 cm³/mol. The summed E-state index contributed by atoms with van der Waals surface area (Å²) in [6.07, 6.45) is 0. The van der Waals surface area contributed by atoms with Gasteiger partial charge < -0.3 is 9.84 Å². The Morgan fingerprint density at radius 3 is 3.00 bits per heavy atom. The van der Waals surface area contributed by atoms with E-state index in [1.54, 1.807) is 0 Å². The molecule has 0 saturated carbocycles. The molecule has 0 aromatic carbocycles. The first kappa shape index (κ1) is 7.02. The number of pyridine rings is 1. The molecule has 0 aliphatic heterocycles. The summed E-state index contributed by atoms with van der Waals surface area (Å²) in [4.78, 5) is 4.31. The lowest BCUT2D eigenvalue weighted by atomic mass is 10.2. The summed E-state index contributed by atoms with van der Waals surface area (Å²) in [6.45, 7) is 3.68. The molecule has 2 heterocycles. The second-order valence-electron chi connectivity index (χ2n) is 2.68. The topological polar surface area (TPSA) is 65.9 Å². The first-order chi connectivity index (χ1) is 5.68. The van der Waals surface area contributed by atoms with Crippen LogP contribution < -0.4 is 4.90 Å². The van der Waals surface area contributed by atoms with Gasteiger partial charge in [-0.15, -0.1) is 4.98 Å². The molecule has 5 heteroatoms. The first-order valence-corrected chi connectivity index (χ1v) is 3.52. The maximum atomic E-state index is 10.9. The Hall–Kier alpha value is -1.65. The van der Waals surface area contributed by atoms with Crippen LogP contribution in [0.15, 0.2) is 10.7 Å². The molecule has 0 radical (unpaired) electrons. The van der Waals surface area contributed by atoms with Crippen LogP contribution in [0.4, 0.5) is 0 Å². The van der Waals surface area contributed by atoms with Crippen LogP contribution in [-0.2, 0) is 0 Å². The van der Waals surface area contributed by atoms with Crippen LogP contribution in [0.5, 0.6) is 0 Å². The van der Waals surface area contributed by atoms with Crippen molar-refractivity contribution in [3.8, 4) is 0 Å². The Morgan fingerprint density at radius 2 is 2.25 bits per heavy atom. The van der Waals surface area contributed by atoms with Gasteiger partial charge in [-0.05, 0) is 25.1 Å². The van der Waals surface area contributed by atoms with E-state index in [1.165, 1.54) is 0 Å². The standard InChI is InChI=1S/C7H7N3O2/c1-4-3-5(2)8-7-6(4)9-12-10(7)11/h3H,1-2H3. The minimum absolute atomic E-state index is 0.243. The lowest BCUT2D eigenvalue weighted by Crippen LogP contribution is -2.23. The van der Waals surface area contributed by atoms with E-state index < -0.39 is 0 Å². The maximum Gasteiger partial charge on any atom is 0.342 e. The quantitative estimate of drug-likeness (QED) is 0.532. The van der Waals surface area contributed by atoms with Crippen LogP contribution in [0.3, 0.4) is 0 Å². The van der Waals surface area contributed by atoms with Crippen LogP contribution in [0.25, 0.3) is 11.2 Å². The molecule has 0 bridgehead atoms. The van der Waals surface area contributed by atoms with Crippen molar-refractivity contribution in [3.63, 3.8) is 0 Å². The minimum atomic E-state index is 0.243. The molecule has 2 rings (SSSR count). The Morgan fingerprint density at radius 1 is 1.50 bits per heavy atom. The smallest absolute Gasteiger partial charge is 0.342 e. The van der Waals surface area contributed by atoms with Crippen LogP contribution in [0.2, 0.25) is 0 Å². The van der Waals surface area contributed by atoms with Gasteiger partial charge in [-0.2, -0.15) is 0 Å². The molecule has 0 N–H and O–H groups in total. The van der Waals surface area contributed by atoms with Gasteiger partial charge >= 0.3 is 5.65 Å². The van der Waals surface area contributed by atoms with E-state index in [1.807, 2.05) is 19.9 Å². The number of aryl methyl sites for hydroxylation is 2. The number of nitrogens with zero attached hydrogens (tertiary/aromatic N) is 3. The Bertz CT molecular complexity index is 435. The highest BCUT2D eigenvalue weighted by atomic mass is 16.8. The van der Waals surface area contributed by atoms with Gasteiger partial charge in [-0.1, -0.05) is 4.90 Å². The van der Waals surface area contributed by atoms with E-state index in [9.17, 15) is 5.21 Å². The van der Waals surface area contributed by atoms with Crippen molar-refractivity contribution in [2.75, 3.05) is 0 Å². The second-order valence-corrected chi connectivity index (χ2v) is 2.68. The van der Waals surface area contributed by atoms with Crippen molar-refractivity contribution < 1.29 is 9.53 Å². The van der Waals surface area contributed by atoms with E-state index in [0.29, 0.717) is 10.4 Å². The average Bonchev–Trinajstić information content (AvgIpc) is 2.33. The highest BCUT2D eigenvalue weighted by Crippen LogP contribution is 2.11. The SMILES string of the molecule is Cc1cc(C)c2no[n+]([O-])c2n1. The summed E-state index contributed by atoms with van der Waals surface area (Å²) in [6, 6.07) is 1.85. The molecule has 0 amide bonds. The average molecular weight is 165 g/mol. The van der Waals surface area contributed by atoms with Gasteiger partial charge in [0, 0.05) is 5.56 Å². The lowest BCUT2D eigenvalue weighted by molar-refractivity contribution is -0.783. The molecule has 62 valence electrons. The molecule has 0 aliphatic carbocycles. The van der Waals surface area contributed by atoms with Gasteiger partial charge in [0.1, 0.15) is 5.69 Å². The molecular formula is C7H7N3O2. The van der Waals surface area contributed by atoms with Crippen LogP contribution >= 0.6 is 0 Å². The molecule has 2 aromatic heterocycles. The van der Waals surface area contributed by atoms with E-state index >= 15 is 0 Å². The maximum absolute atomic E-state index is 10.9. The van der Waals surface area contributed by atoms with Gasteiger partial charge in [0.2, 0.25) is 5.52 Å². The van der Waals surface area contributed by atoms with E-state index in [-0.39, 0.29) is 5.65 Å². The highest BCUT2D eigenvalue weighted by molar-refractivity contribution is 5.70. The molecular weight excluding hydrogens is 158 g/mol. The van der Waals surface area contributed by atoms with Crippen molar-refractivity contribution in [1.29, 1.82) is 0 Å². The van der Waals surface area contributed by atoms with Crippen LogP contribution in [-0.4, -0.2) is 10.1 Å². The van der Waals surface area contributed by atoms with Crippen molar-refractivity contribution in [2.45, 2.75) is 13.8 Å². The fraction of sp³-hybridized carbons (Fsp3) is 0.286. The van der Waals surface area contributed by atoms with Gasteiger partial charge in [0.25, 0.3) is 0 Å². The fourth-order valence-electron chi connectivity index (χ4n) is 1.17. The Balaban J connectivity index is 2.92. The molecule has 0 aliphatic rings. The molecule has 0 atom stereocenters. The zero-order valence-corrected chi connectivity index (χ0v) is 6.74. The molecule has 0 fully saturated rings. The number of hydrogen-bond donors (Lipinski definition) is 0. The minimum Gasteiger partial charge on any atom is -0.391 e. The number of rotatable bonds is 0. The summed E-state index contributed by atoms with van der Waals surface area (Å²) < 4.78 is 4.40. The van der Waals surface area contributed by atoms with Crippen molar-refractivity contribution in [3.05, 3.63) is 22.5 Å². The van der Waals surface area contributed by atoms with Crippen molar-refractivity contribution >= 4 is 11.2 Å².